The number of nitrogens with two attached hydrogens (primary N) is 1. The lowest BCUT2D eigenvalue weighted by atomic mass is 10.1. The zero-order chi connectivity index (χ0) is 13.8. The van der Waals surface area contributed by atoms with E-state index in [4.69, 9.17) is 10.5 Å². The van der Waals surface area contributed by atoms with Gasteiger partial charge in [0.15, 0.2) is 13.2 Å². The van der Waals surface area contributed by atoms with E-state index in [1.54, 1.807) is 6.07 Å². The number of ether oxygens (including phenoxy) is 1. The van der Waals surface area contributed by atoms with E-state index >= 15 is 0 Å². The average Bonchev–Trinajstić information content (AvgIpc) is 2.37. The van der Waals surface area contributed by atoms with Gasteiger partial charge in [-0.25, -0.2) is 5.48 Å². The minimum absolute atomic E-state index is 0.0553. The fourth-order valence-corrected chi connectivity index (χ4v) is 1.46. The lowest BCUT2D eigenvalue weighted by molar-refractivity contribution is -0.124. The molecule has 0 atom stereocenters. The highest BCUT2D eigenvalue weighted by Crippen LogP contribution is 2.28. The van der Waals surface area contributed by atoms with E-state index in [1.807, 2.05) is 0 Å². The molecule has 8 heteroatoms. The van der Waals surface area contributed by atoms with E-state index < -0.39 is 18.4 Å². The molecule has 1 aromatic carbocycles. The van der Waals surface area contributed by atoms with Crippen LogP contribution in [0.15, 0.2) is 18.2 Å². The van der Waals surface area contributed by atoms with Crippen molar-refractivity contribution < 1.29 is 24.0 Å². The first-order chi connectivity index (χ1) is 9.06. The van der Waals surface area contributed by atoms with Crippen LogP contribution < -0.4 is 21.3 Å². The lowest BCUT2D eigenvalue weighted by Crippen LogP contribution is -2.30. The highest BCUT2D eigenvalue weighted by molar-refractivity contribution is 5.99. The Hall–Kier alpha value is -2.61. The van der Waals surface area contributed by atoms with E-state index in [2.05, 4.69) is 15.6 Å². The van der Waals surface area contributed by atoms with Gasteiger partial charge in [-0.3, -0.25) is 19.2 Å². The van der Waals surface area contributed by atoms with Crippen LogP contribution in [-0.4, -0.2) is 30.9 Å². The van der Waals surface area contributed by atoms with Gasteiger partial charge in [-0.2, -0.15) is 0 Å². The third-order valence-electron chi connectivity index (χ3n) is 2.25. The third-order valence-corrected chi connectivity index (χ3v) is 2.25. The number of hydrogen-bond donors (Lipinski definition) is 3. The largest absolute Gasteiger partial charge is 0.482 e. The maximum atomic E-state index is 11.7. The summed E-state index contributed by atoms with van der Waals surface area (Å²) in [4.78, 5) is 37.8. The van der Waals surface area contributed by atoms with E-state index in [1.165, 1.54) is 12.1 Å². The monoisotopic (exact) mass is 265 g/mol. The fraction of sp³-hybridized carbons (Fsp3) is 0.182. The number of anilines is 1. The molecule has 0 fully saturated rings. The molecule has 4 N–H and O–H groups in total. The van der Waals surface area contributed by atoms with Gasteiger partial charge in [0.1, 0.15) is 5.75 Å². The van der Waals surface area contributed by atoms with Gasteiger partial charge in [-0.15, -0.1) is 0 Å². The Morgan fingerprint density at radius 3 is 3.00 bits per heavy atom. The molecule has 3 amide bonds. The average molecular weight is 265 g/mol. The molecule has 0 saturated heterocycles. The highest BCUT2D eigenvalue weighted by atomic mass is 16.7. The first-order valence-corrected chi connectivity index (χ1v) is 5.33. The van der Waals surface area contributed by atoms with Crippen molar-refractivity contribution in [1.29, 1.82) is 0 Å². The summed E-state index contributed by atoms with van der Waals surface area (Å²) < 4.78 is 5.15. The predicted molar refractivity (Wildman–Crippen MR) is 63.2 cm³/mol. The molecule has 1 aliphatic heterocycles. The Bertz CT molecular complexity index is 543. The number of amides is 3. The van der Waals surface area contributed by atoms with Gasteiger partial charge in [-0.1, -0.05) is 0 Å². The number of rotatable bonds is 4. The minimum atomic E-state index is -0.702. The molecule has 2 rings (SSSR count). The van der Waals surface area contributed by atoms with Crippen LogP contribution >= 0.6 is 0 Å². The van der Waals surface area contributed by atoms with Crippen molar-refractivity contribution in [2.75, 3.05) is 18.5 Å². The van der Waals surface area contributed by atoms with Gasteiger partial charge < -0.3 is 15.8 Å². The number of nitrogens with one attached hydrogen (secondary N) is 2. The summed E-state index contributed by atoms with van der Waals surface area (Å²) in [5.74, 6) is -1.08. The molecule has 0 saturated carbocycles. The van der Waals surface area contributed by atoms with Crippen LogP contribution in [0.2, 0.25) is 0 Å². The zero-order valence-corrected chi connectivity index (χ0v) is 9.76. The number of carbonyl (C=O) groups excluding carboxylic acids is 3. The van der Waals surface area contributed by atoms with Crippen molar-refractivity contribution in [3.63, 3.8) is 0 Å². The second-order valence-electron chi connectivity index (χ2n) is 3.73. The first-order valence-electron chi connectivity index (χ1n) is 5.33. The van der Waals surface area contributed by atoms with Crippen LogP contribution in [0.25, 0.3) is 0 Å². The van der Waals surface area contributed by atoms with Gasteiger partial charge in [0.25, 0.3) is 11.8 Å². The summed E-state index contributed by atoms with van der Waals surface area (Å²) in [6.45, 7) is -0.475. The summed E-state index contributed by atoms with van der Waals surface area (Å²) >= 11 is 0. The van der Waals surface area contributed by atoms with Crippen molar-refractivity contribution in [3.8, 4) is 5.75 Å². The molecule has 0 radical (unpaired) electrons. The second kappa shape index (κ2) is 5.36. The summed E-state index contributed by atoms with van der Waals surface area (Å²) in [6, 6.07) is 4.49. The summed E-state index contributed by atoms with van der Waals surface area (Å²) in [6.07, 6.45) is 0. The summed E-state index contributed by atoms with van der Waals surface area (Å²) in [5.41, 5.74) is 7.55. The second-order valence-corrected chi connectivity index (χ2v) is 3.73. The van der Waals surface area contributed by atoms with Crippen LogP contribution in [0.3, 0.4) is 0 Å². The van der Waals surface area contributed by atoms with E-state index in [-0.39, 0.29) is 18.1 Å². The van der Waals surface area contributed by atoms with E-state index in [0.717, 1.165) is 0 Å². The van der Waals surface area contributed by atoms with Gasteiger partial charge >= 0.3 is 0 Å². The first kappa shape index (κ1) is 12.8. The molecule has 0 aliphatic carbocycles. The zero-order valence-electron chi connectivity index (χ0n) is 9.76. The predicted octanol–water partition coefficient (Wildman–Crippen LogP) is -0.836. The number of carbonyl (C=O) groups is 3. The topological polar surface area (TPSA) is 120 Å². The smallest absolute Gasteiger partial charge is 0.274 e. The number of benzene rings is 1. The summed E-state index contributed by atoms with van der Waals surface area (Å²) in [7, 11) is 0. The fourth-order valence-electron chi connectivity index (χ4n) is 1.46. The van der Waals surface area contributed by atoms with Gasteiger partial charge in [0.2, 0.25) is 5.91 Å². The highest BCUT2D eigenvalue weighted by Gasteiger charge is 2.17. The molecule has 0 bridgehead atoms. The maximum Gasteiger partial charge on any atom is 0.274 e. The molecular weight excluding hydrogens is 254 g/mol. The van der Waals surface area contributed by atoms with Gasteiger partial charge in [0, 0.05) is 5.56 Å². The molecular formula is C11H11N3O5. The van der Waals surface area contributed by atoms with Crippen LogP contribution in [0.5, 0.6) is 5.75 Å². The summed E-state index contributed by atoms with van der Waals surface area (Å²) in [5, 5.41) is 2.57. The van der Waals surface area contributed by atoms with Gasteiger partial charge in [-0.05, 0) is 18.2 Å². The number of hydrogen-bond acceptors (Lipinski definition) is 5. The molecule has 1 heterocycles. The van der Waals surface area contributed by atoms with Crippen LogP contribution in [0.4, 0.5) is 5.69 Å². The minimum Gasteiger partial charge on any atom is -0.482 e. The molecule has 1 aromatic rings. The SMILES string of the molecule is NC(=O)CONC(=O)c1ccc2c(c1)NC(=O)CO2. The Morgan fingerprint density at radius 2 is 2.26 bits per heavy atom. The molecule has 1 aliphatic rings. The lowest BCUT2D eigenvalue weighted by Gasteiger charge is -2.18. The Balaban J connectivity index is 2.04. The number of primary amides is 1. The van der Waals surface area contributed by atoms with E-state index in [9.17, 15) is 14.4 Å². The van der Waals surface area contributed by atoms with Crippen LogP contribution in [0.1, 0.15) is 10.4 Å². The molecule has 0 unspecified atom stereocenters. The Morgan fingerprint density at radius 1 is 1.47 bits per heavy atom. The van der Waals surface area contributed by atoms with Crippen LogP contribution in [-0.2, 0) is 14.4 Å². The standard InChI is InChI=1S/C11H11N3O5/c12-9(15)4-19-14-11(17)6-1-2-8-7(3-6)13-10(16)5-18-8/h1-3H,4-5H2,(H2,12,15)(H,13,16)(H,14,17). The molecule has 0 spiro atoms. The van der Waals surface area contributed by atoms with Crippen molar-refractivity contribution in [2.45, 2.75) is 0 Å². The van der Waals surface area contributed by atoms with Gasteiger partial charge in [0.05, 0.1) is 5.69 Å². The molecule has 0 aromatic heterocycles. The van der Waals surface area contributed by atoms with E-state index in [0.29, 0.717) is 11.4 Å². The van der Waals surface area contributed by atoms with Crippen LogP contribution in [0, 0.1) is 0 Å². The molecule has 19 heavy (non-hydrogen) atoms. The van der Waals surface area contributed by atoms with Crippen molar-refractivity contribution in [2.24, 2.45) is 5.73 Å². The third kappa shape index (κ3) is 3.19. The Kier molecular flexibility index (Phi) is 3.62. The molecule has 8 nitrogen and oxygen atoms in total. The van der Waals surface area contributed by atoms with Crippen molar-refractivity contribution >= 4 is 23.4 Å². The Labute approximate surface area is 107 Å². The number of fused-ring (bicyclic) bond motifs is 1. The molecule has 100 valence electrons. The normalized spacial score (nSPS) is 12.9. The van der Waals surface area contributed by atoms with Crippen molar-refractivity contribution in [1.82, 2.24) is 5.48 Å². The van der Waals surface area contributed by atoms with Crippen molar-refractivity contribution in [3.05, 3.63) is 23.8 Å². The maximum absolute atomic E-state index is 11.7. The number of hydroxylamine groups is 1. The quantitative estimate of drug-likeness (QED) is 0.613.